The van der Waals surface area contributed by atoms with E-state index in [0.717, 1.165) is 82.8 Å². The highest BCUT2D eigenvalue weighted by atomic mass is 16.3. The van der Waals surface area contributed by atoms with E-state index < -0.39 is 0 Å². The van der Waals surface area contributed by atoms with Crippen LogP contribution >= 0.6 is 0 Å². The lowest BCUT2D eigenvalue weighted by molar-refractivity contribution is 0.669. The van der Waals surface area contributed by atoms with Crippen LogP contribution in [0.3, 0.4) is 0 Å². The predicted molar refractivity (Wildman–Crippen MR) is 222 cm³/mol. The molecule has 0 aliphatic heterocycles. The number of hydrogen-bond acceptors (Lipinski definition) is 3. The van der Waals surface area contributed by atoms with E-state index in [0.29, 0.717) is 0 Å². The Kier molecular flexibility index (Phi) is 6.55. The van der Waals surface area contributed by atoms with E-state index in [2.05, 4.69) is 175 Å². The van der Waals surface area contributed by atoms with Gasteiger partial charge in [0.1, 0.15) is 16.7 Å². The SMILES string of the molecule is c1ccc2cc(-c3ccc(N(c4ccc(-c5cccc6oc7ccccc7c56)cc4)c4cccc5c4oc4c6ccccc6ccc54)cc3)ccc2c1. The highest BCUT2D eigenvalue weighted by molar-refractivity contribution is 6.17. The van der Waals surface area contributed by atoms with Gasteiger partial charge >= 0.3 is 0 Å². The summed E-state index contributed by atoms with van der Waals surface area (Å²) in [5, 5.41) is 9.22. The van der Waals surface area contributed by atoms with Crippen molar-refractivity contribution in [2.24, 2.45) is 0 Å². The van der Waals surface area contributed by atoms with Crippen molar-refractivity contribution in [2.45, 2.75) is 0 Å². The number of anilines is 3. The third-order valence-electron chi connectivity index (χ3n) is 10.7. The molecule has 0 aliphatic rings. The van der Waals surface area contributed by atoms with Crippen LogP contribution in [0.25, 0.3) is 87.7 Å². The van der Waals surface area contributed by atoms with E-state index in [4.69, 9.17) is 8.83 Å². The minimum absolute atomic E-state index is 0.858. The Hall–Kier alpha value is -7.10. The Bertz CT molecular complexity index is 3170. The summed E-state index contributed by atoms with van der Waals surface area (Å²) in [6.45, 7) is 0. The van der Waals surface area contributed by atoms with Gasteiger partial charge in [0.15, 0.2) is 5.58 Å². The van der Waals surface area contributed by atoms with E-state index in [-0.39, 0.29) is 0 Å². The van der Waals surface area contributed by atoms with Crippen molar-refractivity contribution in [3.63, 3.8) is 0 Å². The van der Waals surface area contributed by atoms with Gasteiger partial charge in [0.2, 0.25) is 0 Å². The van der Waals surface area contributed by atoms with Crippen molar-refractivity contribution in [3.8, 4) is 22.3 Å². The second-order valence-corrected chi connectivity index (χ2v) is 13.7. The maximum Gasteiger partial charge on any atom is 0.159 e. The van der Waals surface area contributed by atoms with Crippen LogP contribution in [0, 0.1) is 0 Å². The fraction of sp³-hybridized carbons (Fsp3) is 0. The van der Waals surface area contributed by atoms with E-state index in [1.807, 2.05) is 18.2 Å². The lowest BCUT2D eigenvalue weighted by atomic mass is 9.98. The first kappa shape index (κ1) is 29.6. The highest BCUT2D eigenvalue weighted by Gasteiger charge is 2.21. The maximum absolute atomic E-state index is 6.88. The van der Waals surface area contributed by atoms with Gasteiger partial charge in [0.05, 0.1) is 5.69 Å². The molecule has 248 valence electrons. The molecule has 0 atom stereocenters. The Morgan fingerprint density at radius 3 is 1.77 bits per heavy atom. The van der Waals surface area contributed by atoms with Crippen LogP contribution < -0.4 is 4.90 Å². The van der Waals surface area contributed by atoms with Crippen molar-refractivity contribution >= 4 is 82.5 Å². The summed E-state index contributed by atoms with van der Waals surface area (Å²) in [6.07, 6.45) is 0. The van der Waals surface area contributed by atoms with Gasteiger partial charge < -0.3 is 13.7 Å². The lowest BCUT2D eigenvalue weighted by Crippen LogP contribution is -2.10. The number of fused-ring (bicyclic) bond motifs is 9. The highest BCUT2D eigenvalue weighted by Crippen LogP contribution is 2.45. The molecular formula is C50H31NO2. The molecule has 3 nitrogen and oxygen atoms in total. The zero-order valence-corrected chi connectivity index (χ0v) is 28.7. The van der Waals surface area contributed by atoms with Crippen LogP contribution in [0.2, 0.25) is 0 Å². The van der Waals surface area contributed by atoms with Gasteiger partial charge in [-0.05, 0) is 93.0 Å². The quantitative estimate of drug-likeness (QED) is 0.182. The average Bonchev–Trinajstić information content (AvgIpc) is 3.81. The summed E-state index contributed by atoms with van der Waals surface area (Å²) >= 11 is 0. The molecule has 0 bridgehead atoms. The standard InChI is InChI=1S/C50H31NO2/c1-2-11-36-31-37(20-19-32(36)9-1)33-21-26-38(27-22-33)51(45-16-7-15-42-43-30-25-34-10-3-4-12-41(34)49(43)53-50(42)45)39-28-23-35(24-29-39)40-14-8-18-47-48(40)44-13-5-6-17-46(44)52-47/h1-31H. The smallest absolute Gasteiger partial charge is 0.159 e. The van der Waals surface area contributed by atoms with Crippen molar-refractivity contribution in [1.82, 2.24) is 0 Å². The molecule has 2 heterocycles. The van der Waals surface area contributed by atoms with Crippen LogP contribution in [-0.2, 0) is 0 Å². The molecule has 2 aromatic heterocycles. The molecule has 0 spiro atoms. The van der Waals surface area contributed by atoms with Gasteiger partial charge in [-0.25, -0.2) is 0 Å². The minimum atomic E-state index is 0.858. The van der Waals surface area contributed by atoms with E-state index in [1.165, 1.54) is 21.9 Å². The van der Waals surface area contributed by atoms with Crippen LogP contribution in [-0.4, -0.2) is 0 Å². The summed E-state index contributed by atoms with van der Waals surface area (Å²) < 4.78 is 13.1. The topological polar surface area (TPSA) is 29.5 Å². The Balaban J connectivity index is 1.08. The molecule has 0 unspecified atom stereocenters. The molecular weight excluding hydrogens is 647 g/mol. The summed E-state index contributed by atoms with van der Waals surface area (Å²) in [5.74, 6) is 0. The van der Waals surface area contributed by atoms with Gasteiger partial charge in [-0.1, -0.05) is 133 Å². The van der Waals surface area contributed by atoms with Crippen LogP contribution in [0.5, 0.6) is 0 Å². The number of hydrogen-bond donors (Lipinski definition) is 0. The Labute approximate surface area is 305 Å². The van der Waals surface area contributed by atoms with Gasteiger partial charge in [0, 0.05) is 38.3 Å². The molecule has 0 N–H and O–H groups in total. The van der Waals surface area contributed by atoms with Gasteiger partial charge in [-0.2, -0.15) is 0 Å². The second-order valence-electron chi connectivity index (χ2n) is 13.7. The van der Waals surface area contributed by atoms with E-state index in [9.17, 15) is 0 Å². The number of furan rings is 2. The van der Waals surface area contributed by atoms with Crippen molar-refractivity contribution < 1.29 is 8.83 Å². The first-order valence-electron chi connectivity index (χ1n) is 18.0. The van der Waals surface area contributed by atoms with Crippen molar-refractivity contribution in [3.05, 3.63) is 188 Å². The van der Waals surface area contributed by atoms with Gasteiger partial charge in [-0.15, -0.1) is 0 Å². The summed E-state index contributed by atoms with van der Waals surface area (Å²) in [4.78, 5) is 2.31. The van der Waals surface area contributed by atoms with E-state index >= 15 is 0 Å². The third-order valence-corrected chi connectivity index (χ3v) is 10.7. The van der Waals surface area contributed by atoms with Crippen LogP contribution in [0.4, 0.5) is 17.1 Å². The monoisotopic (exact) mass is 677 g/mol. The van der Waals surface area contributed by atoms with E-state index in [1.54, 1.807) is 0 Å². The molecule has 11 aromatic rings. The van der Waals surface area contributed by atoms with Crippen molar-refractivity contribution in [1.29, 1.82) is 0 Å². The predicted octanol–water partition coefficient (Wildman–Crippen LogP) is 14.6. The molecule has 9 aromatic carbocycles. The molecule has 3 heteroatoms. The molecule has 53 heavy (non-hydrogen) atoms. The molecule has 0 aliphatic carbocycles. The first-order chi connectivity index (χ1) is 26.3. The number of rotatable bonds is 5. The number of nitrogens with zero attached hydrogens (tertiary/aromatic N) is 1. The first-order valence-corrected chi connectivity index (χ1v) is 18.0. The Morgan fingerprint density at radius 2 is 0.943 bits per heavy atom. The normalized spacial score (nSPS) is 11.8. The lowest BCUT2D eigenvalue weighted by Gasteiger charge is -2.26. The minimum Gasteiger partial charge on any atom is -0.456 e. The van der Waals surface area contributed by atoms with Crippen LogP contribution in [0.15, 0.2) is 197 Å². The molecule has 0 amide bonds. The number of para-hydroxylation sites is 2. The molecule has 0 fully saturated rings. The second kappa shape index (κ2) is 11.7. The van der Waals surface area contributed by atoms with Gasteiger partial charge in [0.25, 0.3) is 0 Å². The zero-order chi connectivity index (χ0) is 34.9. The largest absolute Gasteiger partial charge is 0.456 e. The number of benzene rings is 9. The average molecular weight is 678 g/mol. The van der Waals surface area contributed by atoms with Crippen LogP contribution in [0.1, 0.15) is 0 Å². The molecule has 0 saturated carbocycles. The molecule has 0 saturated heterocycles. The summed E-state index contributed by atoms with van der Waals surface area (Å²) in [5.41, 5.74) is 11.3. The maximum atomic E-state index is 6.88. The van der Waals surface area contributed by atoms with Gasteiger partial charge in [-0.3, -0.25) is 0 Å². The molecule has 0 radical (unpaired) electrons. The fourth-order valence-corrected chi connectivity index (χ4v) is 8.09. The van der Waals surface area contributed by atoms with Crippen molar-refractivity contribution in [2.75, 3.05) is 4.90 Å². The third kappa shape index (κ3) is 4.75. The summed E-state index contributed by atoms with van der Waals surface area (Å²) in [7, 11) is 0. The zero-order valence-electron chi connectivity index (χ0n) is 28.7. The summed E-state index contributed by atoms with van der Waals surface area (Å²) in [6, 6.07) is 66.8. The Morgan fingerprint density at radius 1 is 0.340 bits per heavy atom. The molecule has 11 rings (SSSR count). The fourth-order valence-electron chi connectivity index (χ4n) is 8.09.